The highest BCUT2D eigenvalue weighted by atomic mass is 35.5. The van der Waals surface area contributed by atoms with Crippen molar-refractivity contribution in [3.63, 3.8) is 0 Å². The van der Waals surface area contributed by atoms with Crippen LogP contribution in [-0.4, -0.2) is 24.1 Å². The summed E-state index contributed by atoms with van der Waals surface area (Å²) in [6.07, 6.45) is 4.43. The fraction of sp³-hybridized carbons (Fsp3) is 0.667. The van der Waals surface area contributed by atoms with Gasteiger partial charge in [0.15, 0.2) is 4.47 Å². The average Bonchev–Trinajstić information content (AvgIpc) is 2.77. The molecule has 5 heteroatoms. The third kappa shape index (κ3) is 2.92. The van der Waals surface area contributed by atoms with Crippen molar-refractivity contribution in [3.8, 4) is 0 Å². The van der Waals surface area contributed by atoms with Crippen molar-refractivity contribution in [2.24, 2.45) is 0 Å². The van der Waals surface area contributed by atoms with Gasteiger partial charge in [-0.1, -0.05) is 11.6 Å². The van der Waals surface area contributed by atoms with E-state index in [2.05, 4.69) is 15.6 Å². The Hall–Kier alpha value is -0.160. The van der Waals surface area contributed by atoms with E-state index >= 15 is 0 Å². The third-order valence-corrected chi connectivity index (χ3v) is 3.49. The average molecular weight is 232 g/mol. The summed E-state index contributed by atoms with van der Waals surface area (Å²) in [7, 11) is 0. The van der Waals surface area contributed by atoms with Crippen molar-refractivity contribution in [3.05, 3.63) is 15.5 Å². The van der Waals surface area contributed by atoms with Crippen LogP contribution in [0.3, 0.4) is 0 Å². The van der Waals surface area contributed by atoms with Gasteiger partial charge in [0.05, 0.1) is 0 Å². The second-order valence-electron chi connectivity index (χ2n) is 3.50. The van der Waals surface area contributed by atoms with Crippen molar-refractivity contribution < 1.29 is 0 Å². The maximum absolute atomic E-state index is 5.73. The van der Waals surface area contributed by atoms with Crippen LogP contribution in [0.15, 0.2) is 6.20 Å². The van der Waals surface area contributed by atoms with Crippen LogP contribution in [0.1, 0.15) is 17.7 Å². The van der Waals surface area contributed by atoms with Gasteiger partial charge >= 0.3 is 0 Å². The van der Waals surface area contributed by atoms with Gasteiger partial charge in [0, 0.05) is 30.2 Å². The lowest BCUT2D eigenvalue weighted by Crippen LogP contribution is -2.33. The Balaban J connectivity index is 1.67. The normalized spacial score (nSPS) is 21.6. The Morgan fingerprint density at radius 3 is 3.29 bits per heavy atom. The summed E-state index contributed by atoms with van der Waals surface area (Å²) in [5.41, 5.74) is 0. The Labute approximate surface area is 92.9 Å². The number of rotatable bonds is 4. The molecule has 2 N–H and O–H groups in total. The quantitative estimate of drug-likeness (QED) is 0.828. The van der Waals surface area contributed by atoms with Crippen LogP contribution in [-0.2, 0) is 6.54 Å². The van der Waals surface area contributed by atoms with E-state index in [-0.39, 0.29) is 0 Å². The number of halogens is 1. The summed E-state index contributed by atoms with van der Waals surface area (Å²) in [5.74, 6) is 0. The summed E-state index contributed by atoms with van der Waals surface area (Å²) in [4.78, 5) is 5.20. The molecule has 0 bridgehead atoms. The minimum Gasteiger partial charge on any atom is -0.313 e. The second kappa shape index (κ2) is 5.07. The van der Waals surface area contributed by atoms with Crippen LogP contribution in [0, 0.1) is 0 Å². The van der Waals surface area contributed by atoms with Crippen LogP contribution in [0.4, 0.5) is 0 Å². The summed E-state index contributed by atoms with van der Waals surface area (Å²) in [6, 6.07) is 0.651. The van der Waals surface area contributed by atoms with Gasteiger partial charge in [-0.2, -0.15) is 0 Å². The molecule has 0 aliphatic carbocycles. The van der Waals surface area contributed by atoms with Crippen LogP contribution in [0.5, 0.6) is 0 Å². The molecular weight excluding hydrogens is 218 g/mol. The molecule has 14 heavy (non-hydrogen) atoms. The molecule has 2 rings (SSSR count). The van der Waals surface area contributed by atoms with E-state index in [0.717, 1.165) is 13.1 Å². The number of nitrogens with zero attached hydrogens (tertiary/aromatic N) is 1. The molecule has 3 nitrogen and oxygen atoms in total. The lowest BCUT2D eigenvalue weighted by atomic mass is 10.2. The molecule has 0 radical (unpaired) electrons. The molecule has 0 saturated carbocycles. The molecule has 1 aliphatic heterocycles. The number of hydrogen-bond acceptors (Lipinski definition) is 4. The Kier molecular flexibility index (Phi) is 3.75. The van der Waals surface area contributed by atoms with Crippen molar-refractivity contribution in [1.82, 2.24) is 15.6 Å². The topological polar surface area (TPSA) is 37.0 Å². The Bertz CT molecular complexity index is 283. The molecule has 1 fully saturated rings. The highest BCUT2D eigenvalue weighted by molar-refractivity contribution is 7.15. The first-order valence-corrected chi connectivity index (χ1v) is 6.08. The number of nitrogens with one attached hydrogen (secondary N) is 2. The maximum Gasteiger partial charge on any atom is 0.183 e. The molecule has 0 aromatic carbocycles. The second-order valence-corrected chi connectivity index (χ2v) is 5.20. The van der Waals surface area contributed by atoms with E-state index in [9.17, 15) is 0 Å². The minimum absolute atomic E-state index is 0.626. The third-order valence-electron chi connectivity index (χ3n) is 2.38. The smallest absolute Gasteiger partial charge is 0.183 e. The number of aromatic nitrogens is 1. The van der Waals surface area contributed by atoms with E-state index in [1.165, 1.54) is 24.3 Å². The van der Waals surface area contributed by atoms with Crippen molar-refractivity contribution >= 4 is 22.9 Å². The van der Waals surface area contributed by atoms with E-state index in [4.69, 9.17) is 11.6 Å². The molecule has 1 atom stereocenters. The molecule has 78 valence electrons. The fourth-order valence-corrected chi connectivity index (χ4v) is 2.61. The molecule has 1 saturated heterocycles. The van der Waals surface area contributed by atoms with Gasteiger partial charge < -0.3 is 10.6 Å². The molecule has 0 unspecified atom stereocenters. The Morgan fingerprint density at radius 2 is 2.64 bits per heavy atom. The van der Waals surface area contributed by atoms with Gasteiger partial charge in [-0.3, -0.25) is 0 Å². The molecule has 0 spiro atoms. The zero-order valence-electron chi connectivity index (χ0n) is 7.92. The van der Waals surface area contributed by atoms with Gasteiger partial charge in [0.2, 0.25) is 0 Å². The molecule has 2 heterocycles. The monoisotopic (exact) mass is 231 g/mol. The molecule has 1 aromatic heterocycles. The predicted octanol–water partition coefficient (Wildman–Crippen LogP) is 1.64. The van der Waals surface area contributed by atoms with Crippen molar-refractivity contribution in [2.45, 2.75) is 25.4 Å². The van der Waals surface area contributed by atoms with Crippen LogP contribution in [0.25, 0.3) is 0 Å². The summed E-state index contributed by atoms with van der Waals surface area (Å²) >= 11 is 7.28. The fourth-order valence-electron chi connectivity index (χ4n) is 1.67. The zero-order chi connectivity index (χ0) is 9.80. The maximum atomic E-state index is 5.73. The van der Waals surface area contributed by atoms with Gasteiger partial charge in [-0.05, 0) is 19.4 Å². The Morgan fingerprint density at radius 1 is 1.71 bits per heavy atom. The first-order chi connectivity index (χ1) is 6.84. The van der Waals surface area contributed by atoms with Crippen LogP contribution in [0.2, 0.25) is 4.47 Å². The van der Waals surface area contributed by atoms with E-state index in [0.29, 0.717) is 10.5 Å². The van der Waals surface area contributed by atoms with Gasteiger partial charge in [-0.25, -0.2) is 4.98 Å². The summed E-state index contributed by atoms with van der Waals surface area (Å²) < 4.78 is 0.626. The molecular formula is C9H14ClN3S. The van der Waals surface area contributed by atoms with Gasteiger partial charge in [0.25, 0.3) is 0 Å². The van der Waals surface area contributed by atoms with Crippen molar-refractivity contribution in [2.75, 3.05) is 13.1 Å². The predicted molar refractivity (Wildman–Crippen MR) is 59.9 cm³/mol. The highest BCUT2D eigenvalue weighted by Crippen LogP contribution is 2.17. The lowest BCUT2D eigenvalue weighted by Gasteiger charge is -2.09. The first-order valence-electron chi connectivity index (χ1n) is 4.89. The summed E-state index contributed by atoms with van der Waals surface area (Å²) in [6.45, 7) is 3.08. The summed E-state index contributed by atoms with van der Waals surface area (Å²) in [5, 5.41) is 6.85. The van der Waals surface area contributed by atoms with Crippen LogP contribution < -0.4 is 10.6 Å². The van der Waals surface area contributed by atoms with Crippen LogP contribution >= 0.6 is 22.9 Å². The van der Waals surface area contributed by atoms with Crippen molar-refractivity contribution in [1.29, 1.82) is 0 Å². The number of thiazole rings is 1. The zero-order valence-corrected chi connectivity index (χ0v) is 9.50. The first kappa shape index (κ1) is 10.4. The molecule has 0 amide bonds. The lowest BCUT2D eigenvalue weighted by molar-refractivity contribution is 0.537. The number of hydrogen-bond donors (Lipinski definition) is 2. The highest BCUT2D eigenvalue weighted by Gasteiger charge is 2.12. The SMILES string of the molecule is Clc1ncc(CNC[C@H]2CCCN2)s1. The minimum atomic E-state index is 0.626. The van der Waals surface area contributed by atoms with E-state index < -0.39 is 0 Å². The molecule has 1 aromatic rings. The van der Waals surface area contributed by atoms with E-state index in [1.807, 2.05) is 6.20 Å². The van der Waals surface area contributed by atoms with Gasteiger partial charge in [-0.15, -0.1) is 11.3 Å². The van der Waals surface area contributed by atoms with E-state index in [1.54, 1.807) is 11.3 Å². The standard InChI is InChI=1S/C9H14ClN3S/c10-9-13-6-8(14-9)5-11-4-7-2-1-3-12-7/h6-7,11-12H,1-5H2/t7-/m1/s1. The molecule has 1 aliphatic rings. The van der Waals surface area contributed by atoms with Gasteiger partial charge in [0.1, 0.15) is 0 Å². The largest absolute Gasteiger partial charge is 0.313 e.